The lowest BCUT2D eigenvalue weighted by Gasteiger charge is -2.25. The van der Waals surface area contributed by atoms with Gasteiger partial charge >= 0.3 is 0 Å². The summed E-state index contributed by atoms with van der Waals surface area (Å²) in [5.41, 5.74) is 10.2. The predicted octanol–water partition coefficient (Wildman–Crippen LogP) is 2.17. The molecule has 3 heterocycles. The molecular weight excluding hydrogens is 312 g/mol. The number of rotatable bonds is 2. The van der Waals surface area contributed by atoms with E-state index in [-0.39, 0.29) is 5.91 Å². The Bertz CT molecular complexity index is 692. The van der Waals surface area contributed by atoms with Gasteiger partial charge in [0, 0.05) is 32.2 Å². The number of aliphatic imine (C=N–C) groups is 1. The number of benzene rings is 1. The zero-order valence-corrected chi connectivity index (χ0v) is 15.2. The monoisotopic (exact) mass is 340 g/mol. The molecule has 2 saturated heterocycles. The molecule has 1 atom stereocenters. The van der Waals surface area contributed by atoms with Crippen LogP contribution in [-0.2, 0) is 4.79 Å². The van der Waals surface area contributed by atoms with E-state index in [0.717, 1.165) is 54.0 Å². The van der Waals surface area contributed by atoms with Crippen molar-refractivity contribution in [2.24, 2.45) is 22.6 Å². The number of carbonyl (C=O) groups is 1. The second-order valence-corrected chi connectivity index (χ2v) is 7.97. The van der Waals surface area contributed by atoms with E-state index in [1.165, 1.54) is 25.7 Å². The summed E-state index contributed by atoms with van der Waals surface area (Å²) in [6, 6.07) is 6.17. The number of benzodiazepines with no additional fused rings is 1. The number of nitrogens with two attached hydrogens (primary N) is 1. The fourth-order valence-corrected chi connectivity index (χ4v) is 4.81. The molecule has 1 aliphatic carbocycles. The quantitative estimate of drug-likeness (QED) is 0.897. The van der Waals surface area contributed by atoms with Crippen molar-refractivity contribution in [1.29, 1.82) is 0 Å². The fraction of sp³-hybridized carbons (Fsp3) is 0.600. The van der Waals surface area contributed by atoms with Crippen LogP contribution in [0.4, 0.5) is 5.69 Å². The molecule has 5 heteroatoms. The van der Waals surface area contributed by atoms with Crippen molar-refractivity contribution in [3.05, 3.63) is 29.3 Å². The van der Waals surface area contributed by atoms with Gasteiger partial charge in [0.25, 0.3) is 5.91 Å². The SMILES string of the molecule is Cc1cccc2c1N(C)C(=O)[C@@H](N)N=C2CN1CC2CCC(CC2)C1. The van der Waals surface area contributed by atoms with Crippen LogP contribution in [0.5, 0.6) is 0 Å². The summed E-state index contributed by atoms with van der Waals surface area (Å²) in [5.74, 6) is 1.50. The number of anilines is 1. The van der Waals surface area contributed by atoms with Crippen LogP contribution in [0.15, 0.2) is 23.2 Å². The van der Waals surface area contributed by atoms with Crippen LogP contribution >= 0.6 is 0 Å². The number of hydrogen-bond acceptors (Lipinski definition) is 4. The Morgan fingerprint density at radius 3 is 2.44 bits per heavy atom. The molecule has 1 amide bonds. The van der Waals surface area contributed by atoms with Gasteiger partial charge in [0.1, 0.15) is 0 Å². The van der Waals surface area contributed by atoms with E-state index in [1.54, 1.807) is 11.9 Å². The molecule has 2 N–H and O–H groups in total. The standard InChI is InChI=1S/C20H28N4O/c1-13-4-3-5-16-17(22-19(21)20(25)23(2)18(13)16)12-24-10-14-6-7-15(11-24)9-8-14/h3-5,14-15,19H,6-12,21H2,1-2H3/t14?,15?,19-/m0/s1. The van der Waals surface area contributed by atoms with Crippen molar-refractivity contribution in [2.75, 3.05) is 31.6 Å². The van der Waals surface area contributed by atoms with Gasteiger partial charge in [-0.2, -0.15) is 0 Å². The molecule has 0 radical (unpaired) electrons. The summed E-state index contributed by atoms with van der Waals surface area (Å²) in [4.78, 5) is 21.4. The van der Waals surface area contributed by atoms with Gasteiger partial charge in [0.15, 0.2) is 6.17 Å². The van der Waals surface area contributed by atoms with Gasteiger partial charge in [-0.25, -0.2) is 0 Å². The molecular formula is C20H28N4O. The predicted molar refractivity (Wildman–Crippen MR) is 101 cm³/mol. The number of likely N-dealkylation sites (N-methyl/N-ethyl adjacent to an activating group) is 1. The number of nitrogens with zero attached hydrogens (tertiary/aromatic N) is 3. The average molecular weight is 340 g/mol. The van der Waals surface area contributed by atoms with Crippen LogP contribution in [0, 0.1) is 18.8 Å². The Balaban J connectivity index is 1.68. The van der Waals surface area contributed by atoms with Gasteiger partial charge in [0.05, 0.1) is 11.4 Å². The molecule has 4 aliphatic rings. The van der Waals surface area contributed by atoms with Crippen LogP contribution in [-0.4, -0.2) is 49.4 Å². The smallest absolute Gasteiger partial charge is 0.266 e. The fourth-order valence-electron chi connectivity index (χ4n) is 4.81. The molecule has 3 aliphatic heterocycles. The number of aryl methyl sites for hydroxylation is 1. The topological polar surface area (TPSA) is 61.9 Å². The minimum atomic E-state index is -0.810. The van der Waals surface area contributed by atoms with Crippen molar-refractivity contribution < 1.29 is 4.79 Å². The first-order valence-corrected chi connectivity index (χ1v) is 9.45. The Morgan fingerprint density at radius 2 is 1.80 bits per heavy atom. The summed E-state index contributed by atoms with van der Waals surface area (Å²) in [6.07, 6.45) is 4.65. The van der Waals surface area contributed by atoms with Crippen LogP contribution in [0.2, 0.25) is 0 Å². The average Bonchev–Trinajstić information content (AvgIpc) is 2.95. The normalized spacial score (nSPS) is 29.9. The molecule has 3 fully saturated rings. The first-order valence-electron chi connectivity index (χ1n) is 9.45. The second-order valence-electron chi connectivity index (χ2n) is 7.97. The highest BCUT2D eigenvalue weighted by Gasteiger charge is 2.32. The zero-order chi connectivity index (χ0) is 17.6. The Labute approximate surface area is 149 Å². The molecule has 5 rings (SSSR count). The van der Waals surface area contributed by atoms with Crippen molar-refractivity contribution in [3.8, 4) is 0 Å². The Morgan fingerprint density at radius 1 is 1.16 bits per heavy atom. The molecule has 2 bridgehead atoms. The maximum Gasteiger partial charge on any atom is 0.266 e. The van der Waals surface area contributed by atoms with E-state index in [1.807, 2.05) is 19.1 Å². The first kappa shape index (κ1) is 16.7. The van der Waals surface area contributed by atoms with Gasteiger partial charge in [-0.15, -0.1) is 0 Å². The summed E-state index contributed by atoms with van der Waals surface area (Å²) in [5, 5.41) is 0. The third-order valence-electron chi connectivity index (χ3n) is 6.14. The lowest BCUT2D eigenvalue weighted by Crippen LogP contribution is -2.40. The van der Waals surface area contributed by atoms with E-state index >= 15 is 0 Å². The van der Waals surface area contributed by atoms with E-state index < -0.39 is 6.17 Å². The van der Waals surface area contributed by atoms with Crippen molar-refractivity contribution in [2.45, 2.75) is 38.8 Å². The van der Waals surface area contributed by atoms with Gasteiger partial charge in [-0.05, 0) is 50.0 Å². The van der Waals surface area contributed by atoms with E-state index in [4.69, 9.17) is 5.73 Å². The molecule has 25 heavy (non-hydrogen) atoms. The van der Waals surface area contributed by atoms with Gasteiger partial charge in [-0.3, -0.25) is 14.7 Å². The molecule has 1 saturated carbocycles. The number of fused-ring (bicyclic) bond motifs is 5. The van der Waals surface area contributed by atoms with E-state index in [2.05, 4.69) is 16.0 Å². The molecule has 1 aromatic rings. The third-order valence-corrected chi connectivity index (χ3v) is 6.14. The van der Waals surface area contributed by atoms with Crippen LogP contribution in [0.25, 0.3) is 0 Å². The second kappa shape index (κ2) is 6.54. The minimum absolute atomic E-state index is 0.138. The summed E-state index contributed by atoms with van der Waals surface area (Å²) in [7, 11) is 1.80. The van der Waals surface area contributed by atoms with Gasteiger partial charge < -0.3 is 10.6 Å². The van der Waals surface area contributed by atoms with E-state index in [9.17, 15) is 4.79 Å². The number of hydrogen-bond donors (Lipinski definition) is 1. The highest BCUT2D eigenvalue weighted by atomic mass is 16.2. The largest absolute Gasteiger partial charge is 0.312 e. The molecule has 0 unspecified atom stereocenters. The molecule has 0 spiro atoms. The van der Waals surface area contributed by atoms with Crippen molar-refractivity contribution in [3.63, 3.8) is 0 Å². The van der Waals surface area contributed by atoms with Gasteiger partial charge in [-0.1, -0.05) is 18.2 Å². The van der Waals surface area contributed by atoms with E-state index in [0.29, 0.717) is 0 Å². The minimum Gasteiger partial charge on any atom is -0.312 e. The van der Waals surface area contributed by atoms with Crippen LogP contribution in [0.3, 0.4) is 0 Å². The maximum absolute atomic E-state index is 12.5. The number of amides is 1. The highest BCUT2D eigenvalue weighted by molar-refractivity contribution is 6.13. The Hall–Kier alpha value is -1.72. The van der Waals surface area contributed by atoms with Crippen molar-refractivity contribution >= 4 is 17.3 Å². The molecule has 1 aromatic carbocycles. The number of carbonyl (C=O) groups excluding carboxylic acids is 1. The Kier molecular flexibility index (Phi) is 4.38. The van der Waals surface area contributed by atoms with Crippen molar-refractivity contribution in [1.82, 2.24) is 4.90 Å². The summed E-state index contributed by atoms with van der Waals surface area (Å²) < 4.78 is 0. The molecule has 134 valence electrons. The van der Waals surface area contributed by atoms with Crippen LogP contribution < -0.4 is 10.6 Å². The maximum atomic E-state index is 12.5. The van der Waals surface area contributed by atoms with Gasteiger partial charge in [0.2, 0.25) is 0 Å². The molecule has 0 aromatic heterocycles. The highest BCUT2D eigenvalue weighted by Crippen LogP contribution is 2.34. The summed E-state index contributed by atoms with van der Waals surface area (Å²) in [6.45, 7) is 5.13. The molecule has 5 nitrogen and oxygen atoms in total. The first-order chi connectivity index (χ1) is 12.0. The zero-order valence-electron chi connectivity index (χ0n) is 15.2. The summed E-state index contributed by atoms with van der Waals surface area (Å²) >= 11 is 0. The van der Waals surface area contributed by atoms with Crippen LogP contribution in [0.1, 0.15) is 36.8 Å². The number of para-hydroxylation sites is 1. The lowest BCUT2D eigenvalue weighted by atomic mass is 9.84. The third kappa shape index (κ3) is 3.11. The lowest BCUT2D eigenvalue weighted by molar-refractivity contribution is -0.119.